The molecule has 8 heteroatoms. The van der Waals surface area contributed by atoms with E-state index in [2.05, 4.69) is 15.5 Å². The van der Waals surface area contributed by atoms with Gasteiger partial charge in [0.15, 0.2) is 0 Å². The van der Waals surface area contributed by atoms with Crippen molar-refractivity contribution in [3.63, 3.8) is 0 Å². The second kappa shape index (κ2) is 9.56. The third-order valence-electron chi connectivity index (χ3n) is 5.00. The Morgan fingerprint density at radius 3 is 2.79 bits per heavy atom. The monoisotopic (exact) mass is 402 g/mol. The van der Waals surface area contributed by atoms with Crippen LogP contribution in [0, 0.1) is 5.82 Å². The van der Waals surface area contributed by atoms with Crippen LogP contribution >= 0.6 is 0 Å². The van der Waals surface area contributed by atoms with Gasteiger partial charge in [-0.3, -0.25) is 10.2 Å². The summed E-state index contributed by atoms with van der Waals surface area (Å²) in [4.78, 5) is 18.8. The third kappa shape index (κ3) is 5.35. The lowest BCUT2D eigenvalue weighted by Gasteiger charge is -2.33. The molecule has 1 aliphatic rings. The highest BCUT2D eigenvalue weighted by atomic mass is 19.1. The van der Waals surface area contributed by atoms with E-state index in [-0.39, 0.29) is 29.9 Å². The van der Waals surface area contributed by atoms with E-state index < -0.39 is 6.09 Å². The van der Waals surface area contributed by atoms with Crippen LogP contribution in [0.25, 0.3) is 0 Å². The van der Waals surface area contributed by atoms with Gasteiger partial charge in [-0.05, 0) is 51.1 Å². The van der Waals surface area contributed by atoms with Gasteiger partial charge in [-0.1, -0.05) is 18.6 Å². The van der Waals surface area contributed by atoms with Gasteiger partial charge < -0.3 is 15.2 Å². The first-order chi connectivity index (χ1) is 14.0. The molecule has 7 nitrogen and oxygen atoms in total. The van der Waals surface area contributed by atoms with E-state index in [1.54, 1.807) is 19.1 Å². The van der Waals surface area contributed by atoms with E-state index in [0.717, 1.165) is 31.4 Å². The number of anilines is 2. The molecule has 2 aromatic rings. The van der Waals surface area contributed by atoms with Crippen LogP contribution in [-0.2, 0) is 11.3 Å². The number of aromatic hydroxyl groups is 1. The summed E-state index contributed by atoms with van der Waals surface area (Å²) in [6, 6.07) is 7.62. The van der Waals surface area contributed by atoms with Crippen molar-refractivity contribution in [2.24, 2.45) is 0 Å². The Kier molecular flexibility index (Phi) is 6.87. The van der Waals surface area contributed by atoms with Crippen molar-refractivity contribution in [2.45, 2.75) is 38.8 Å². The van der Waals surface area contributed by atoms with Crippen molar-refractivity contribution in [1.82, 2.24) is 9.88 Å². The van der Waals surface area contributed by atoms with Gasteiger partial charge in [-0.15, -0.1) is 0 Å². The number of rotatable bonds is 6. The summed E-state index contributed by atoms with van der Waals surface area (Å²) in [5.74, 6) is 0.111. The molecule has 1 atom stereocenters. The van der Waals surface area contributed by atoms with Crippen molar-refractivity contribution in [1.29, 1.82) is 0 Å². The number of halogens is 1. The van der Waals surface area contributed by atoms with E-state index in [4.69, 9.17) is 9.72 Å². The number of carbonyl (C=O) groups is 1. The smallest absolute Gasteiger partial charge is 0.411 e. The molecule has 1 aromatic heterocycles. The fourth-order valence-corrected chi connectivity index (χ4v) is 3.50. The molecule has 0 saturated carbocycles. The second-order valence-corrected chi connectivity index (χ2v) is 7.10. The standard InChI is InChI=1S/C21H27FN4O3/c1-3-29-21(28)25-20-17(27)12-18(23-13-14-7-9-15(22)10-8-14)24-19(20)16-6-4-5-11-26(16)2/h7-10,12,16H,3-6,11,13H2,1-2H3,(H,25,28)(H2,23,24,27). The van der Waals surface area contributed by atoms with Crippen molar-refractivity contribution in [3.05, 3.63) is 47.4 Å². The molecule has 1 unspecified atom stereocenters. The summed E-state index contributed by atoms with van der Waals surface area (Å²) in [5, 5.41) is 16.4. The number of hydrogen-bond acceptors (Lipinski definition) is 6. The maximum Gasteiger partial charge on any atom is 0.411 e. The highest BCUT2D eigenvalue weighted by molar-refractivity contribution is 5.88. The third-order valence-corrected chi connectivity index (χ3v) is 5.00. The van der Waals surface area contributed by atoms with Crippen LogP contribution in [0.3, 0.4) is 0 Å². The Labute approximate surface area is 169 Å². The maximum absolute atomic E-state index is 13.1. The summed E-state index contributed by atoms with van der Waals surface area (Å²) < 4.78 is 18.1. The van der Waals surface area contributed by atoms with Gasteiger partial charge in [0.05, 0.1) is 18.3 Å². The lowest BCUT2D eigenvalue weighted by atomic mass is 9.98. The number of carbonyl (C=O) groups excluding carboxylic acids is 1. The Morgan fingerprint density at radius 2 is 2.10 bits per heavy atom. The lowest BCUT2D eigenvalue weighted by Crippen LogP contribution is -2.31. The Balaban J connectivity index is 1.87. The van der Waals surface area contributed by atoms with Crippen molar-refractivity contribution in [3.8, 4) is 5.75 Å². The number of likely N-dealkylation sites (tertiary alicyclic amines) is 1. The molecule has 29 heavy (non-hydrogen) atoms. The molecular weight excluding hydrogens is 375 g/mol. The molecule has 156 valence electrons. The first-order valence-corrected chi connectivity index (χ1v) is 9.84. The van der Waals surface area contributed by atoms with E-state index in [1.165, 1.54) is 18.2 Å². The summed E-state index contributed by atoms with van der Waals surface area (Å²) >= 11 is 0. The predicted octanol–water partition coefficient (Wildman–Crippen LogP) is 4.26. The SMILES string of the molecule is CCOC(=O)Nc1c(O)cc(NCc2ccc(F)cc2)nc1C1CCCCN1C. The average molecular weight is 402 g/mol. The second-order valence-electron chi connectivity index (χ2n) is 7.10. The van der Waals surface area contributed by atoms with Gasteiger partial charge in [0.2, 0.25) is 0 Å². The van der Waals surface area contributed by atoms with E-state index >= 15 is 0 Å². The number of amides is 1. The van der Waals surface area contributed by atoms with Gasteiger partial charge in [0, 0.05) is 12.6 Å². The number of aromatic nitrogens is 1. The van der Waals surface area contributed by atoms with Gasteiger partial charge in [-0.25, -0.2) is 14.2 Å². The van der Waals surface area contributed by atoms with Crippen LogP contribution < -0.4 is 10.6 Å². The number of hydrogen-bond donors (Lipinski definition) is 3. The molecule has 3 rings (SSSR count). The Bertz CT molecular complexity index is 845. The van der Waals surface area contributed by atoms with Crippen LogP contribution in [0.5, 0.6) is 5.75 Å². The van der Waals surface area contributed by atoms with Gasteiger partial charge in [0.25, 0.3) is 0 Å². The van der Waals surface area contributed by atoms with E-state index in [1.807, 2.05) is 7.05 Å². The topological polar surface area (TPSA) is 86.7 Å². The lowest BCUT2D eigenvalue weighted by molar-refractivity contribution is 0.167. The summed E-state index contributed by atoms with van der Waals surface area (Å²) in [6.07, 6.45) is 2.39. The van der Waals surface area contributed by atoms with Crippen LogP contribution in [-0.4, -0.2) is 41.3 Å². The van der Waals surface area contributed by atoms with Crippen LogP contribution in [0.4, 0.5) is 20.7 Å². The first-order valence-electron chi connectivity index (χ1n) is 9.84. The van der Waals surface area contributed by atoms with Crippen LogP contribution in [0.15, 0.2) is 30.3 Å². The zero-order chi connectivity index (χ0) is 20.8. The molecule has 0 radical (unpaired) electrons. The molecule has 1 amide bonds. The largest absolute Gasteiger partial charge is 0.506 e. The summed E-state index contributed by atoms with van der Waals surface area (Å²) in [5.41, 5.74) is 1.76. The van der Waals surface area contributed by atoms with Crippen LogP contribution in [0.1, 0.15) is 43.5 Å². The minimum atomic E-state index is -0.628. The fraction of sp³-hybridized carbons (Fsp3) is 0.429. The van der Waals surface area contributed by atoms with Gasteiger partial charge in [-0.2, -0.15) is 0 Å². The van der Waals surface area contributed by atoms with Gasteiger partial charge in [0.1, 0.15) is 23.1 Å². The molecule has 2 heterocycles. The molecule has 0 spiro atoms. The first kappa shape index (κ1) is 20.9. The minimum absolute atomic E-state index is 0.0286. The molecule has 1 saturated heterocycles. The highest BCUT2D eigenvalue weighted by Gasteiger charge is 2.27. The van der Waals surface area contributed by atoms with Crippen molar-refractivity contribution >= 4 is 17.6 Å². The minimum Gasteiger partial charge on any atom is -0.506 e. The average Bonchev–Trinajstić information content (AvgIpc) is 2.70. The molecule has 1 aliphatic heterocycles. The van der Waals surface area contributed by atoms with Crippen molar-refractivity contribution in [2.75, 3.05) is 30.8 Å². The highest BCUT2D eigenvalue weighted by Crippen LogP contribution is 2.38. The zero-order valence-electron chi connectivity index (χ0n) is 16.7. The van der Waals surface area contributed by atoms with E-state index in [9.17, 15) is 14.3 Å². The molecule has 1 fully saturated rings. The normalized spacial score (nSPS) is 17.0. The number of piperidine rings is 1. The zero-order valence-corrected chi connectivity index (χ0v) is 16.7. The molecule has 3 N–H and O–H groups in total. The quantitative estimate of drug-likeness (QED) is 0.669. The summed E-state index contributed by atoms with van der Waals surface area (Å²) in [6.45, 7) is 3.29. The number of benzene rings is 1. The number of pyridine rings is 1. The molecular formula is C21H27FN4O3. The van der Waals surface area contributed by atoms with Crippen LogP contribution in [0.2, 0.25) is 0 Å². The summed E-state index contributed by atoms with van der Waals surface area (Å²) in [7, 11) is 2.01. The van der Waals surface area contributed by atoms with Crippen molar-refractivity contribution < 1.29 is 19.0 Å². The van der Waals surface area contributed by atoms with Gasteiger partial charge >= 0.3 is 6.09 Å². The molecule has 0 bridgehead atoms. The fourth-order valence-electron chi connectivity index (χ4n) is 3.50. The molecule has 0 aliphatic carbocycles. The Morgan fingerprint density at radius 1 is 1.34 bits per heavy atom. The maximum atomic E-state index is 13.1. The number of ether oxygens (including phenoxy) is 1. The number of nitrogens with one attached hydrogen (secondary N) is 2. The van der Waals surface area contributed by atoms with E-state index in [0.29, 0.717) is 18.1 Å². The number of nitrogens with zero attached hydrogens (tertiary/aromatic N) is 2. The predicted molar refractivity (Wildman–Crippen MR) is 109 cm³/mol. The molecule has 1 aromatic carbocycles. The Hall–Kier alpha value is -2.87.